The topological polar surface area (TPSA) is 68.3 Å². The Morgan fingerprint density at radius 1 is 1.17 bits per heavy atom. The van der Waals surface area contributed by atoms with Gasteiger partial charge in [-0.2, -0.15) is 0 Å². The predicted octanol–water partition coefficient (Wildman–Crippen LogP) is 3.64. The molecule has 1 N–H and O–H groups in total. The first-order valence-electron chi connectivity index (χ1n) is 6.92. The number of hydrogen-bond acceptors (Lipinski definition) is 5. The molecule has 3 rings (SSSR count). The molecule has 2 aromatic carbocycles. The van der Waals surface area contributed by atoms with Gasteiger partial charge in [-0.15, -0.1) is 11.3 Å². The minimum absolute atomic E-state index is 0.287. The fourth-order valence-electron chi connectivity index (χ4n) is 2.32. The molecule has 0 unspecified atom stereocenters. The quantitative estimate of drug-likeness (QED) is 0.746. The van der Waals surface area contributed by atoms with E-state index in [-0.39, 0.29) is 5.91 Å². The molecule has 1 aromatic heterocycles. The largest absolute Gasteiger partial charge is 0.465 e. The Bertz CT molecular complexity index is 902. The van der Waals surface area contributed by atoms with Crippen molar-refractivity contribution < 1.29 is 14.3 Å². The van der Waals surface area contributed by atoms with E-state index in [9.17, 15) is 9.59 Å². The number of carbonyl (C=O) groups excluding carboxylic acids is 2. The number of aryl methyl sites for hydroxylation is 1. The monoisotopic (exact) mass is 326 g/mol. The Morgan fingerprint density at radius 2 is 1.87 bits per heavy atom. The lowest BCUT2D eigenvalue weighted by molar-refractivity contribution is 0.0602. The summed E-state index contributed by atoms with van der Waals surface area (Å²) >= 11 is 1.26. The fraction of sp³-hybridized carbons (Fsp3) is 0.118. The molecule has 23 heavy (non-hydrogen) atoms. The van der Waals surface area contributed by atoms with Gasteiger partial charge < -0.3 is 10.1 Å². The molecule has 3 aromatic rings. The van der Waals surface area contributed by atoms with E-state index < -0.39 is 5.97 Å². The highest BCUT2D eigenvalue weighted by Gasteiger charge is 2.18. The summed E-state index contributed by atoms with van der Waals surface area (Å²) in [5.41, 5.74) is 3.02. The molecular weight excluding hydrogens is 312 g/mol. The number of esters is 1. The van der Waals surface area contributed by atoms with Crippen LogP contribution in [0.4, 0.5) is 5.69 Å². The molecule has 0 fully saturated rings. The van der Waals surface area contributed by atoms with Gasteiger partial charge >= 0.3 is 5.97 Å². The first-order valence-corrected chi connectivity index (χ1v) is 7.80. The van der Waals surface area contributed by atoms with E-state index in [0.29, 0.717) is 21.8 Å². The number of methoxy groups -OCH3 is 1. The Balaban J connectivity index is 2.06. The number of ether oxygens (including phenoxy) is 1. The number of nitrogens with one attached hydrogen (secondary N) is 1. The van der Waals surface area contributed by atoms with Gasteiger partial charge in [0.1, 0.15) is 4.88 Å². The molecule has 0 saturated carbocycles. The Labute approximate surface area is 136 Å². The first kappa shape index (κ1) is 15.2. The third-order valence-corrected chi connectivity index (χ3v) is 4.42. The molecule has 0 aliphatic heterocycles. The van der Waals surface area contributed by atoms with Gasteiger partial charge in [-0.3, -0.25) is 4.79 Å². The van der Waals surface area contributed by atoms with Crippen molar-refractivity contribution in [2.24, 2.45) is 0 Å². The highest BCUT2D eigenvalue weighted by atomic mass is 32.1. The van der Waals surface area contributed by atoms with Gasteiger partial charge in [-0.05, 0) is 29.8 Å². The molecule has 0 saturated heterocycles. The maximum Gasteiger partial charge on any atom is 0.339 e. The van der Waals surface area contributed by atoms with Crippen LogP contribution in [0.1, 0.15) is 25.7 Å². The second-order valence-electron chi connectivity index (χ2n) is 4.96. The number of nitrogens with zero attached hydrogens (tertiary/aromatic N) is 1. The van der Waals surface area contributed by atoms with Gasteiger partial charge in [0.15, 0.2) is 0 Å². The van der Waals surface area contributed by atoms with Crippen molar-refractivity contribution in [1.82, 2.24) is 4.98 Å². The third-order valence-electron chi connectivity index (χ3n) is 3.49. The Hall–Kier alpha value is -2.73. The smallest absolute Gasteiger partial charge is 0.339 e. The van der Waals surface area contributed by atoms with Gasteiger partial charge in [0.05, 0.1) is 29.6 Å². The molecule has 0 aliphatic carbocycles. The van der Waals surface area contributed by atoms with Crippen molar-refractivity contribution in [2.75, 3.05) is 12.4 Å². The van der Waals surface area contributed by atoms with Crippen molar-refractivity contribution in [3.05, 3.63) is 58.0 Å². The number of hydrogen-bond donors (Lipinski definition) is 1. The Morgan fingerprint density at radius 3 is 2.48 bits per heavy atom. The van der Waals surface area contributed by atoms with Crippen LogP contribution in [0.5, 0.6) is 0 Å². The van der Waals surface area contributed by atoms with E-state index >= 15 is 0 Å². The van der Waals surface area contributed by atoms with Crippen LogP contribution in [-0.4, -0.2) is 24.0 Å². The second kappa shape index (κ2) is 6.18. The number of fused-ring (bicyclic) bond motifs is 1. The van der Waals surface area contributed by atoms with Crippen LogP contribution in [0.15, 0.2) is 41.9 Å². The highest BCUT2D eigenvalue weighted by Crippen LogP contribution is 2.26. The van der Waals surface area contributed by atoms with E-state index in [1.54, 1.807) is 24.6 Å². The van der Waals surface area contributed by atoms with Gasteiger partial charge in [0, 0.05) is 0 Å². The molecule has 116 valence electrons. The van der Waals surface area contributed by atoms with Crippen LogP contribution in [0.25, 0.3) is 10.8 Å². The number of amides is 1. The van der Waals surface area contributed by atoms with Gasteiger partial charge in [-0.1, -0.05) is 24.3 Å². The summed E-state index contributed by atoms with van der Waals surface area (Å²) in [4.78, 5) is 29.0. The van der Waals surface area contributed by atoms with E-state index in [2.05, 4.69) is 10.3 Å². The van der Waals surface area contributed by atoms with Crippen molar-refractivity contribution in [3.63, 3.8) is 0 Å². The minimum atomic E-state index is -0.493. The molecule has 1 heterocycles. The zero-order valence-electron chi connectivity index (χ0n) is 12.6. The summed E-state index contributed by atoms with van der Waals surface area (Å²) in [5, 5.41) is 4.62. The van der Waals surface area contributed by atoms with Crippen molar-refractivity contribution in [1.29, 1.82) is 0 Å². The zero-order chi connectivity index (χ0) is 16.4. The van der Waals surface area contributed by atoms with Crippen LogP contribution in [0.2, 0.25) is 0 Å². The highest BCUT2D eigenvalue weighted by molar-refractivity contribution is 7.12. The number of benzene rings is 2. The maximum atomic E-state index is 12.4. The fourth-order valence-corrected chi connectivity index (χ4v) is 3.02. The number of anilines is 1. The molecule has 0 radical (unpaired) electrons. The zero-order valence-corrected chi connectivity index (χ0v) is 13.4. The lowest BCUT2D eigenvalue weighted by Gasteiger charge is -2.11. The average Bonchev–Trinajstić information content (AvgIpc) is 2.99. The van der Waals surface area contributed by atoms with Crippen LogP contribution in [0, 0.1) is 6.92 Å². The Kier molecular flexibility index (Phi) is 4.08. The number of rotatable bonds is 3. The summed E-state index contributed by atoms with van der Waals surface area (Å²) in [5.74, 6) is -0.780. The lowest BCUT2D eigenvalue weighted by atomic mass is 10.0. The summed E-state index contributed by atoms with van der Waals surface area (Å²) in [6.07, 6.45) is 0. The molecule has 5 nitrogen and oxygen atoms in total. The SMILES string of the molecule is COC(=O)c1cc2ccccc2cc1NC(=O)c1scnc1C. The summed E-state index contributed by atoms with van der Waals surface area (Å²) < 4.78 is 4.82. The molecule has 0 bridgehead atoms. The van der Waals surface area contributed by atoms with Crippen LogP contribution in [-0.2, 0) is 4.74 Å². The third kappa shape index (κ3) is 2.93. The van der Waals surface area contributed by atoms with Crippen LogP contribution >= 0.6 is 11.3 Å². The molecule has 0 aliphatic rings. The molecule has 0 atom stereocenters. The van der Waals surface area contributed by atoms with Gasteiger partial charge in [0.2, 0.25) is 0 Å². The van der Waals surface area contributed by atoms with Crippen LogP contribution < -0.4 is 5.32 Å². The number of aromatic nitrogens is 1. The number of thiazole rings is 1. The molecule has 0 spiro atoms. The van der Waals surface area contributed by atoms with Crippen molar-refractivity contribution >= 4 is 39.7 Å². The van der Waals surface area contributed by atoms with Crippen molar-refractivity contribution in [2.45, 2.75) is 6.92 Å². The second-order valence-corrected chi connectivity index (χ2v) is 5.81. The summed E-state index contributed by atoms with van der Waals surface area (Å²) in [6.45, 7) is 1.77. The summed E-state index contributed by atoms with van der Waals surface area (Å²) in [6, 6.07) is 11.1. The molecule has 1 amide bonds. The van der Waals surface area contributed by atoms with E-state index in [0.717, 1.165) is 10.8 Å². The van der Waals surface area contributed by atoms with E-state index in [4.69, 9.17) is 4.74 Å². The normalized spacial score (nSPS) is 10.5. The average molecular weight is 326 g/mol. The van der Waals surface area contributed by atoms with Gasteiger partial charge in [0.25, 0.3) is 5.91 Å². The number of carbonyl (C=O) groups is 2. The minimum Gasteiger partial charge on any atom is -0.465 e. The summed E-state index contributed by atoms with van der Waals surface area (Å²) in [7, 11) is 1.32. The van der Waals surface area contributed by atoms with Gasteiger partial charge in [-0.25, -0.2) is 9.78 Å². The maximum absolute atomic E-state index is 12.4. The predicted molar refractivity (Wildman–Crippen MR) is 90.1 cm³/mol. The van der Waals surface area contributed by atoms with Crippen LogP contribution in [0.3, 0.4) is 0 Å². The van der Waals surface area contributed by atoms with E-state index in [1.807, 2.05) is 24.3 Å². The van der Waals surface area contributed by atoms with E-state index in [1.165, 1.54) is 18.4 Å². The first-order chi connectivity index (χ1) is 11.1. The van der Waals surface area contributed by atoms with Crippen molar-refractivity contribution in [3.8, 4) is 0 Å². The lowest BCUT2D eigenvalue weighted by Crippen LogP contribution is -2.15. The molecular formula is C17H14N2O3S. The molecule has 6 heteroatoms. The standard InChI is InChI=1S/C17H14N2O3S/c1-10-15(23-9-18-10)16(20)19-14-8-12-6-4-3-5-11(12)7-13(14)17(21)22-2/h3-9H,1-2H3,(H,19,20).